The van der Waals surface area contributed by atoms with Crippen LogP contribution in [0.4, 0.5) is 17.6 Å². The number of aryl methyl sites for hydroxylation is 2. The van der Waals surface area contributed by atoms with Gasteiger partial charge in [0.2, 0.25) is 0 Å². The van der Waals surface area contributed by atoms with Crippen LogP contribution in [0.25, 0.3) is 0 Å². The van der Waals surface area contributed by atoms with Gasteiger partial charge in [-0.05, 0) is 67.6 Å². The average molecular weight is 473 g/mol. The maximum Gasteiger partial charge on any atom is 0.490 e. The number of hydrogen-bond donors (Lipinski definition) is 3. The van der Waals surface area contributed by atoms with E-state index in [1.807, 2.05) is 12.1 Å². The Balaban J connectivity index is 0.000000675. The molecule has 0 amide bonds. The second-order valence-corrected chi connectivity index (χ2v) is 7.02. The van der Waals surface area contributed by atoms with Crippen molar-refractivity contribution in [2.75, 3.05) is 19.7 Å². The quantitative estimate of drug-likeness (QED) is 0.311. The Bertz CT molecular complexity index is 839. The summed E-state index contributed by atoms with van der Waals surface area (Å²) in [6.07, 6.45) is -1.25. The first-order valence-electron chi connectivity index (χ1n) is 10.3. The number of ether oxygens (including phenoxy) is 1. The number of carboxylic acid groups (broad SMARTS) is 2. The van der Waals surface area contributed by atoms with Gasteiger partial charge in [0.25, 0.3) is 0 Å². The topological polar surface area (TPSA) is 95.9 Å². The highest BCUT2D eigenvalue weighted by Gasteiger charge is 2.38. The lowest BCUT2D eigenvalue weighted by Crippen LogP contribution is -2.21. The van der Waals surface area contributed by atoms with Crippen molar-refractivity contribution >= 4 is 11.9 Å². The Morgan fingerprint density at radius 2 is 1.36 bits per heavy atom. The van der Waals surface area contributed by atoms with E-state index in [0.29, 0.717) is 13.2 Å². The van der Waals surface area contributed by atoms with E-state index in [2.05, 4.69) is 17.4 Å². The number of rotatable bonds is 12. The lowest BCUT2D eigenvalue weighted by atomic mass is 10.1. The molecule has 0 aliphatic carbocycles. The molecule has 0 aliphatic heterocycles. The average Bonchev–Trinajstić information content (AvgIpc) is 2.75. The first-order chi connectivity index (χ1) is 15.6. The zero-order valence-corrected chi connectivity index (χ0v) is 17.9. The van der Waals surface area contributed by atoms with Gasteiger partial charge in [0.15, 0.2) is 0 Å². The van der Waals surface area contributed by atoms with Gasteiger partial charge < -0.3 is 20.3 Å². The van der Waals surface area contributed by atoms with Crippen molar-refractivity contribution in [3.8, 4) is 5.75 Å². The number of nitrogens with one attached hydrogen (secondary N) is 1. The Labute approximate surface area is 189 Å². The van der Waals surface area contributed by atoms with Crippen LogP contribution in [0.2, 0.25) is 0 Å². The lowest BCUT2D eigenvalue weighted by molar-refractivity contribution is -0.192. The second kappa shape index (κ2) is 14.8. The first kappa shape index (κ1) is 27.9. The van der Waals surface area contributed by atoms with Gasteiger partial charge in [-0.3, -0.25) is 4.79 Å². The Kier molecular flexibility index (Phi) is 12.5. The monoisotopic (exact) mass is 473 g/mol. The lowest BCUT2D eigenvalue weighted by Gasteiger charge is -2.08. The van der Waals surface area contributed by atoms with E-state index >= 15 is 0 Å². The summed E-state index contributed by atoms with van der Waals surface area (Å²) in [6, 6.07) is 14.7. The van der Waals surface area contributed by atoms with Crippen LogP contribution in [0, 0.1) is 5.82 Å². The zero-order chi connectivity index (χ0) is 24.7. The predicted octanol–water partition coefficient (Wildman–Crippen LogP) is 4.47. The molecule has 0 aliphatic rings. The summed E-state index contributed by atoms with van der Waals surface area (Å²) in [5.41, 5.74) is 2.35. The Morgan fingerprint density at radius 3 is 1.88 bits per heavy atom. The summed E-state index contributed by atoms with van der Waals surface area (Å²) in [7, 11) is 0. The van der Waals surface area contributed by atoms with Crippen molar-refractivity contribution in [1.82, 2.24) is 5.32 Å². The van der Waals surface area contributed by atoms with Crippen molar-refractivity contribution in [1.29, 1.82) is 0 Å². The molecule has 0 saturated carbocycles. The highest BCUT2D eigenvalue weighted by atomic mass is 19.4. The van der Waals surface area contributed by atoms with Gasteiger partial charge in [-0.25, -0.2) is 9.18 Å². The molecule has 2 aromatic rings. The van der Waals surface area contributed by atoms with Gasteiger partial charge in [0.05, 0.1) is 13.0 Å². The fourth-order valence-electron chi connectivity index (χ4n) is 2.61. The third kappa shape index (κ3) is 13.8. The number of carboxylic acids is 2. The van der Waals surface area contributed by atoms with Gasteiger partial charge >= 0.3 is 18.1 Å². The van der Waals surface area contributed by atoms with E-state index in [1.54, 1.807) is 12.1 Å². The minimum absolute atomic E-state index is 0.160. The Hall–Kier alpha value is -3.14. The van der Waals surface area contributed by atoms with Gasteiger partial charge in [-0.2, -0.15) is 13.2 Å². The standard InChI is InChI=1S/C21H26FNO3.C2HF3O2/c22-19-9-5-18(6-10-19)4-2-16-26-20-11-7-17(8-12-20)3-1-14-23-15-13-21(24)25;3-2(4,5)1(6)7/h5-12,23H,1-4,13-16H2,(H,24,25);(H,6,7). The highest BCUT2D eigenvalue weighted by molar-refractivity contribution is 5.73. The normalized spacial score (nSPS) is 10.8. The van der Waals surface area contributed by atoms with Crippen molar-refractivity contribution in [2.45, 2.75) is 38.3 Å². The number of carbonyl (C=O) groups is 2. The van der Waals surface area contributed by atoms with E-state index < -0.39 is 18.1 Å². The molecule has 0 saturated heterocycles. The van der Waals surface area contributed by atoms with Crippen molar-refractivity contribution in [2.24, 2.45) is 0 Å². The fraction of sp³-hybridized carbons (Fsp3) is 0.391. The van der Waals surface area contributed by atoms with Crippen LogP contribution in [-0.2, 0) is 22.4 Å². The number of alkyl halides is 3. The molecule has 0 radical (unpaired) electrons. The molecular weight excluding hydrogens is 446 g/mol. The molecule has 0 bridgehead atoms. The van der Waals surface area contributed by atoms with Crippen LogP contribution in [0.3, 0.4) is 0 Å². The van der Waals surface area contributed by atoms with Gasteiger partial charge in [0, 0.05) is 6.54 Å². The van der Waals surface area contributed by atoms with Crippen molar-refractivity contribution in [3.63, 3.8) is 0 Å². The molecule has 6 nitrogen and oxygen atoms in total. The SMILES string of the molecule is O=C(O)C(F)(F)F.O=C(O)CCNCCCc1ccc(OCCCc2ccc(F)cc2)cc1. The molecule has 10 heteroatoms. The summed E-state index contributed by atoms with van der Waals surface area (Å²) >= 11 is 0. The molecule has 2 aromatic carbocycles. The summed E-state index contributed by atoms with van der Waals surface area (Å²) in [4.78, 5) is 19.3. The van der Waals surface area contributed by atoms with E-state index in [1.165, 1.54) is 17.7 Å². The third-order valence-electron chi connectivity index (χ3n) is 4.29. The van der Waals surface area contributed by atoms with Crippen LogP contribution in [0.1, 0.15) is 30.4 Å². The molecule has 0 spiro atoms. The van der Waals surface area contributed by atoms with E-state index in [9.17, 15) is 22.4 Å². The molecule has 0 aromatic heterocycles. The largest absolute Gasteiger partial charge is 0.494 e. The van der Waals surface area contributed by atoms with Gasteiger partial charge in [-0.15, -0.1) is 0 Å². The third-order valence-corrected chi connectivity index (χ3v) is 4.29. The molecule has 0 unspecified atom stereocenters. The minimum atomic E-state index is -5.08. The molecule has 182 valence electrons. The predicted molar refractivity (Wildman–Crippen MR) is 114 cm³/mol. The molecule has 3 N–H and O–H groups in total. The van der Waals surface area contributed by atoms with Crippen LogP contribution in [-0.4, -0.2) is 48.0 Å². The molecule has 0 atom stereocenters. The first-order valence-corrected chi connectivity index (χ1v) is 10.3. The summed E-state index contributed by atoms with van der Waals surface area (Å²) < 4.78 is 50.3. The number of hydrogen-bond acceptors (Lipinski definition) is 4. The van der Waals surface area contributed by atoms with Crippen LogP contribution >= 0.6 is 0 Å². The molecular formula is C23H27F4NO5. The van der Waals surface area contributed by atoms with Crippen LogP contribution in [0.5, 0.6) is 5.75 Å². The summed E-state index contributed by atoms with van der Waals surface area (Å²) in [5.74, 6) is -2.88. The van der Waals surface area contributed by atoms with E-state index in [-0.39, 0.29) is 12.2 Å². The van der Waals surface area contributed by atoms with Crippen LogP contribution < -0.4 is 10.1 Å². The van der Waals surface area contributed by atoms with Crippen molar-refractivity contribution in [3.05, 3.63) is 65.5 Å². The number of aliphatic carboxylic acids is 2. The zero-order valence-electron chi connectivity index (χ0n) is 17.9. The van der Waals surface area contributed by atoms with Gasteiger partial charge in [0.1, 0.15) is 11.6 Å². The number of halogens is 4. The second-order valence-electron chi connectivity index (χ2n) is 7.02. The highest BCUT2D eigenvalue weighted by Crippen LogP contribution is 2.14. The van der Waals surface area contributed by atoms with Crippen molar-refractivity contribution < 1.29 is 42.1 Å². The van der Waals surface area contributed by atoms with E-state index in [4.69, 9.17) is 19.7 Å². The maximum atomic E-state index is 12.8. The van der Waals surface area contributed by atoms with Crippen LogP contribution in [0.15, 0.2) is 48.5 Å². The summed E-state index contributed by atoms with van der Waals surface area (Å²) in [5, 5.41) is 18.8. The smallest absolute Gasteiger partial charge is 0.490 e. The minimum Gasteiger partial charge on any atom is -0.494 e. The molecule has 0 heterocycles. The fourth-order valence-corrected chi connectivity index (χ4v) is 2.61. The summed E-state index contributed by atoms with van der Waals surface area (Å²) in [6.45, 7) is 1.96. The molecule has 33 heavy (non-hydrogen) atoms. The van der Waals surface area contributed by atoms with E-state index in [0.717, 1.165) is 43.5 Å². The van der Waals surface area contributed by atoms with Gasteiger partial charge in [-0.1, -0.05) is 24.3 Å². The Morgan fingerprint density at radius 1 is 0.848 bits per heavy atom. The molecule has 2 rings (SSSR count). The molecule has 0 fully saturated rings. The number of benzene rings is 2. The maximum absolute atomic E-state index is 12.8.